The SMILES string of the molecule is O=[N+]([O-])c1cc(S(=O)(=O)N2CCC(CCO)C2)sc1Cl. The quantitative estimate of drug-likeness (QED) is 0.649. The lowest BCUT2D eigenvalue weighted by molar-refractivity contribution is -0.384. The van der Waals surface area contributed by atoms with Gasteiger partial charge in [-0.1, -0.05) is 11.6 Å². The van der Waals surface area contributed by atoms with E-state index < -0.39 is 14.9 Å². The van der Waals surface area contributed by atoms with Crippen molar-refractivity contribution in [2.45, 2.75) is 17.1 Å². The third-order valence-electron chi connectivity index (χ3n) is 3.22. The van der Waals surface area contributed by atoms with Gasteiger partial charge in [0.15, 0.2) is 4.34 Å². The van der Waals surface area contributed by atoms with Gasteiger partial charge >= 0.3 is 0 Å². The number of hydrogen-bond donors (Lipinski definition) is 1. The second kappa shape index (κ2) is 5.94. The van der Waals surface area contributed by atoms with Gasteiger partial charge in [0.2, 0.25) is 0 Å². The van der Waals surface area contributed by atoms with E-state index in [0.717, 1.165) is 6.07 Å². The normalized spacial score (nSPS) is 20.4. The van der Waals surface area contributed by atoms with Crippen LogP contribution in [0.3, 0.4) is 0 Å². The predicted octanol–water partition coefficient (Wildman–Crippen LogP) is 1.70. The molecule has 1 saturated heterocycles. The van der Waals surface area contributed by atoms with E-state index in [9.17, 15) is 18.5 Å². The molecule has 0 radical (unpaired) electrons. The van der Waals surface area contributed by atoms with Crippen LogP contribution in [0.15, 0.2) is 10.3 Å². The Balaban J connectivity index is 2.23. The number of aliphatic hydroxyl groups is 1. The first-order valence-corrected chi connectivity index (χ1v) is 8.54. The maximum atomic E-state index is 12.4. The number of nitro groups is 1. The van der Waals surface area contributed by atoms with Gasteiger partial charge < -0.3 is 5.11 Å². The van der Waals surface area contributed by atoms with Crippen molar-refractivity contribution in [2.75, 3.05) is 19.7 Å². The first kappa shape index (κ1) is 15.6. The first-order chi connectivity index (χ1) is 9.36. The molecule has 1 N–H and O–H groups in total. The van der Waals surface area contributed by atoms with Gasteiger partial charge in [-0.05, 0) is 18.8 Å². The number of nitrogens with zero attached hydrogens (tertiary/aromatic N) is 2. The molecule has 0 aliphatic carbocycles. The lowest BCUT2D eigenvalue weighted by atomic mass is 10.1. The van der Waals surface area contributed by atoms with Gasteiger partial charge in [0.1, 0.15) is 4.21 Å². The Morgan fingerprint density at radius 1 is 1.60 bits per heavy atom. The van der Waals surface area contributed by atoms with Gasteiger partial charge in [-0.3, -0.25) is 10.1 Å². The third kappa shape index (κ3) is 2.96. The summed E-state index contributed by atoms with van der Waals surface area (Å²) in [5, 5.41) is 19.6. The van der Waals surface area contributed by atoms with Crippen LogP contribution in [0.4, 0.5) is 5.69 Å². The molecule has 1 unspecified atom stereocenters. The van der Waals surface area contributed by atoms with Crippen LogP contribution in [0.5, 0.6) is 0 Å². The first-order valence-electron chi connectivity index (χ1n) is 5.91. The van der Waals surface area contributed by atoms with Gasteiger partial charge in [-0.25, -0.2) is 8.42 Å². The van der Waals surface area contributed by atoms with Crippen LogP contribution in [0.25, 0.3) is 0 Å². The molecule has 1 aliphatic heterocycles. The number of aliphatic hydroxyl groups excluding tert-OH is 1. The fraction of sp³-hybridized carbons (Fsp3) is 0.600. The molecule has 1 atom stereocenters. The van der Waals surface area contributed by atoms with Crippen LogP contribution in [-0.2, 0) is 10.0 Å². The van der Waals surface area contributed by atoms with Crippen LogP contribution >= 0.6 is 22.9 Å². The minimum absolute atomic E-state index is 0.0227. The van der Waals surface area contributed by atoms with E-state index in [1.807, 2.05) is 0 Å². The van der Waals surface area contributed by atoms with Crippen molar-refractivity contribution in [2.24, 2.45) is 5.92 Å². The predicted molar refractivity (Wildman–Crippen MR) is 74.6 cm³/mol. The highest BCUT2D eigenvalue weighted by Crippen LogP contribution is 2.38. The van der Waals surface area contributed by atoms with E-state index in [1.165, 1.54) is 4.31 Å². The van der Waals surface area contributed by atoms with Gasteiger partial charge in [-0.2, -0.15) is 4.31 Å². The largest absolute Gasteiger partial charge is 0.396 e. The Labute approximate surface area is 125 Å². The van der Waals surface area contributed by atoms with E-state index in [-0.39, 0.29) is 26.8 Å². The van der Waals surface area contributed by atoms with E-state index in [0.29, 0.717) is 37.3 Å². The number of hydrogen-bond acceptors (Lipinski definition) is 6. The third-order valence-corrected chi connectivity index (χ3v) is 6.88. The average Bonchev–Trinajstić information content (AvgIpc) is 2.96. The van der Waals surface area contributed by atoms with Crippen LogP contribution in [-0.4, -0.2) is 42.4 Å². The summed E-state index contributed by atoms with van der Waals surface area (Å²) in [4.78, 5) is 10.0. The summed E-state index contributed by atoms with van der Waals surface area (Å²) in [5.74, 6) is 0.125. The minimum Gasteiger partial charge on any atom is -0.396 e. The van der Waals surface area contributed by atoms with E-state index in [2.05, 4.69) is 0 Å². The molecule has 2 heterocycles. The zero-order valence-corrected chi connectivity index (χ0v) is 12.7. The number of thiophene rings is 1. The zero-order valence-electron chi connectivity index (χ0n) is 10.4. The van der Waals surface area contributed by atoms with Crippen LogP contribution in [0.1, 0.15) is 12.8 Å². The zero-order chi connectivity index (χ0) is 14.9. The molecule has 1 fully saturated rings. The summed E-state index contributed by atoms with van der Waals surface area (Å²) < 4.78 is 25.8. The molecule has 1 aromatic rings. The van der Waals surface area contributed by atoms with Crippen molar-refractivity contribution in [3.8, 4) is 0 Å². The highest BCUT2D eigenvalue weighted by atomic mass is 35.5. The number of sulfonamides is 1. The molecule has 112 valence electrons. The van der Waals surface area contributed by atoms with Crippen molar-refractivity contribution in [1.82, 2.24) is 4.31 Å². The van der Waals surface area contributed by atoms with Gasteiger partial charge in [0.25, 0.3) is 15.7 Å². The van der Waals surface area contributed by atoms with Crippen LogP contribution in [0.2, 0.25) is 4.34 Å². The topological polar surface area (TPSA) is 101 Å². The molecule has 0 saturated carbocycles. The van der Waals surface area contributed by atoms with E-state index >= 15 is 0 Å². The van der Waals surface area contributed by atoms with Gasteiger partial charge in [0.05, 0.1) is 4.92 Å². The average molecular weight is 341 g/mol. The second-order valence-corrected chi connectivity index (χ2v) is 8.33. The fourth-order valence-corrected chi connectivity index (χ4v) is 5.50. The molecule has 20 heavy (non-hydrogen) atoms. The number of halogens is 1. The number of rotatable bonds is 5. The molecule has 7 nitrogen and oxygen atoms in total. The van der Waals surface area contributed by atoms with Crippen molar-refractivity contribution in [3.05, 3.63) is 20.5 Å². The molecular formula is C10H13ClN2O5S2. The molecule has 2 rings (SSSR count). The minimum atomic E-state index is -3.74. The molecule has 0 bridgehead atoms. The molecule has 0 aromatic carbocycles. The Morgan fingerprint density at radius 3 is 2.85 bits per heavy atom. The van der Waals surface area contributed by atoms with Crippen molar-refractivity contribution in [1.29, 1.82) is 0 Å². The summed E-state index contributed by atoms with van der Waals surface area (Å²) >= 11 is 6.39. The summed E-state index contributed by atoms with van der Waals surface area (Å²) in [6, 6.07) is 1.00. The van der Waals surface area contributed by atoms with Gasteiger partial charge in [0, 0.05) is 25.8 Å². The molecule has 1 aliphatic rings. The lowest BCUT2D eigenvalue weighted by Crippen LogP contribution is -2.28. The maximum Gasteiger partial charge on any atom is 0.300 e. The summed E-state index contributed by atoms with van der Waals surface area (Å²) in [5.41, 5.74) is -0.388. The molecular weight excluding hydrogens is 328 g/mol. The lowest BCUT2D eigenvalue weighted by Gasteiger charge is -2.14. The van der Waals surface area contributed by atoms with Gasteiger partial charge in [-0.15, -0.1) is 11.3 Å². The van der Waals surface area contributed by atoms with Crippen molar-refractivity contribution < 1.29 is 18.4 Å². The summed E-state index contributed by atoms with van der Waals surface area (Å²) in [6.45, 7) is 0.706. The molecule has 1 aromatic heterocycles. The monoisotopic (exact) mass is 340 g/mol. The second-order valence-electron chi connectivity index (χ2n) is 4.51. The smallest absolute Gasteiger partial charge is 0.300 e. The molecule has 0 spiro atoms. The Hall–Kier alpha value is -0.740. The highest BCUT2D eigenvalue weighted by molar-refractivity contribution is 7.91. The van der Waals surface area contributed by atoms with E-state index in [1.54, 1.807) is 0 Å². The van der Waals surface area contributed by atoms with E-state index in [4.69, 9.17) is 16.7 Å². The van der Waals surface area contributed by atoms with Crippen molar-refractivity contribution >= 4 is 38.6 Å². The fourth-order valence-electron chi connectivity index (χ4n) is 2.15. The van der Waals surface area contributed by atoms with Crippen LogP contribution < -0.4 is 0 Å². The Morgan fingerprint density at radius 2 is 2.30 bits per heavy atom. The summed E-state index contributed by atoms with van der Waals surface area (Å²) in [7, 11) is -3.74. The molecule has 0 amide bonds. The Kier molecular flexibility index (Phi) is 4.65. The van der Waals surface area contributed by atoms with Crippen LogP contribution in [0, 0.1) is 16.0 Å². The molecule has 10 heteroatoms. The Bertz CT molecular complexity index is 615. The standard InChI is InChI=1S/C10H13ClN2O5S2/c11-10-8(13(15)16)5-9(19-10)20(17,18)12-3-1-7(6-12)2-4-14/h5,7,14H,1-4,6H2. The maximum absolute atomic E-state index is 12.4. The summed E-state index contributed by atoms with van der Waals surface area (Å²) in [6.07, 6.45) is 1.23. The highest BCUT2D eigenvalue weighted by Gasteiger charge is 2.35. The van der Waals surface area contributed by atoms with Crippen molar-refractivity contribution in [3.63, 3.8) is 0 Å².